The van der Waals surface area contributed by atoms with Gasteiger partial charge in [0.15, 0.2) is 0 Å². The van der Waals surface area contributed by atoms with Crippen molar-refractivity contribution < 1.29 is 9.53 Å². The quantitative estimate of drug-likeness (QED) is 0.743. The number of esters is 1. The molecule has 0 aromatic heterocycles. The molecule has 0 heterocycles. The smallest absolute Gasteiger partial charge is 0.320 e. The van der Waals surface area contributed by atoms with Gasteiger partial charge in [0.25, 0.3) is 0 Å². The molecule has 0 amide bonds. The highest BCUT2D eigenvalue weighted by Gasteiger charge is 2.12. The van der Waals surface area contributed by atoms with E-state index in [-0.39, 0.29) is 18.6 Å². The van der Waals surface area contributed by atoms with Crippen LogP contribution in [0.2, 0.25) is 0 Å². The number of carbonyl (C=O) groups excluding carboxylic acids is 1. The van der Waals surface area contributed by atoms with Crippen LogP contribution in [0.4, 0.5) is 0 Å². The summed E-state index contributed by atoms with van der Waals surface area (Å²) >= 11 is 0. The van der Waals surface area contributed by atoms with Crippen LogP contribution in [0.3, 0.4) is 0 Å². The van der Waals surface area contributed by atoms with E-state index < -0.39 is 0 Å². The predicted octanol–water partition coefficient (Wildman–Crippen LogP) is 1.40. The van der Waals surface area contributed by atoms with Gasteiger partial charge in [-0.3, -0.25) is 9.69 Å². The topological polar surface area (TPSA) is 55.6 Å². The van der Waals surface area contributed by atoms with Crippen molar-refractivity contribution in [2.24, 2.45) is 5.73 Å². The maximum atomic E-state index is 11.6. The van der Waals surface area contributed by atoms with Crippen molar-refractivity contribution in [2.75, 3.05) is 19.6 Å². The maximum absolute atomic E-state index is 11.6. The predicted molar refractivity (Wildman–Crippen MR) is 72.0 cm³/mol. The molecule has 0 bridgehead atoms. The van der Waals surface area contributed by atoms with Crippen LogP contribution in [0.1, 0.15) is 19.4 Å². The highest BCUT2D eigenvalue weighted by molar-refractivity contribution is 5.71. The number of ether oxygens (including phenoxy) is 1. The van der Waals surface area contributed by atoms with Crippen molar-refractivity contribution in [1.82, 2.24) is 4.90 Å². The number of hydrogen-bond acceptors (Lipinski definition) is 4. The van der Waals surface area contributed by atoms with Crippen LogP contribution in [0.25, 0.3) is 0 Å². The summed E-state index contributed by atoms with van der Waals surface area (Å²) in [7, 11) is 0. The molecule has 4 nitrogen and oxygen atoms in total. The van der Waals surface area contributed by atoms with Crippen molar-refractivity contribution in [1.29, 1.82) is 0 Å². The Kier molecular flexibility index (Phi) is 6.39. The normalized spacial score (nSPS) is 10.9. The van der Waals surface area contributed by atoms with E-state index in [9.17, 15) is 4.79 Å². The van der Waals surface area contributed by atoms with Crippen LogP contribution in [0, 0.1) is 0 Å². The van der Waals surface area contributed by atoms with E-state index in [2.05, 4.69) is 0 Å². The molecule has 1 aromatic carbocycles. The minimum atomic E-state index is -0.200. The molecule has 4 heteroatoms. The van der Waals surface area contributed by atoms with Crippen LogP contribution < -0.4 is 5.73 Å². The minimum absolute atomic E-state index is 0.0750. The summed E-state index contributed by atoms with van der Waals surface area (Å²) in [5.41, 5.74) is 6.74. The average molecular weight is 250 g/mol. The lowest BCUT2D eigenvalue weighted by molar-refractivity contribution is -0.148. The fraction of sp³-hybridized carbons (Fsp3) is 0.500. The van der Waals surface area contributed by atoms with Gasteiger partial charge in [0.1, 0.15) is 0 Å². The zero-order chi connectivity index (χ0) is 13.4. The van der Waals surface area contributed by atoms with Gasteiger partial charge in [0.2, 0.25) is 0 Å². The summed E-state index contributed by atoms with van der Waals surface area (Å²) in [6, 6.07) is 10.0. The maximum Gasteiger partial charge on any atom is 0.320 e. The lowest BCUT2D eigenvalue weighted by atomic mass is 10.2. The highest BCUT2D eigenvalue weighted by atomic mass is 16.5. The van der Waals surface area contributed by atoms with Crippen LogP contribution in [0.5, 0.6) is 0 Å². The van der Waals surface area contributed by atoms with E-state index in [1.807, 2.05) is 49.1 Å². The van der Waals surface area contributed by atoms with Crippen molar-refractivity contribution in [2.45, 2.75) is 26.5 Å². The number of benzene rings is 1. The lowest BCUT2D eigenvalue weighted by Gasteiger charge is -2.21. The number of hydrogen-bond donors (Lipinski definition) is 1. The van der Waals surface area contributed by atoms with Gasteiger partial charge >= 0.3 is 5.97 Å². The Morgan fingerprint density at radius 3 is 2.56 bits per heavy atom. The lowest BCUT2D eigenvalue weighted by Crippen LogP contribution is -2.35. The van der Waals surface area contributed by atoms with Gasteiger partial charge in [0.05, 0.1) is 12.6 Å². The monoisotopic (exact) mass is 250 g/mol. The summed E-state index contributed by atoms with van der Waals surface area (Å²) in [6.45, 7) is 5.91. The van der Waals surface area contributed by atoms with Gasteiger partial charge in [-0.2, -0.15) is 0 Å². The summed E-state index contributed by atoms with van der Waals surface area (Å²) < 4.78 is 5.14. The molecule has 2 N–H and O–H groups in total. The van der Waals surface area contributed by atoms with Gasteiger partial charge in [-0.25, -0.2) is 0 Å². The Bertz CT molecular complexity index is 352. The second-order valence-electron chi connectivity index (χ2n) is 4.52. The van der Waals surface area contributed by atoms with Crippen LogP contribution in [-0.4, -0.2) is 36.6 Å². The first-order valence-electron chi connectivity index (χ1n) is 6.27. The number of nitrogens with two attached hydrogens (primary N) is 1. The molecule has 0 saturated heterocycles. The van der Waals surface area contributed by atoms with Crippen molar-refractivity contribution in [3.8, 4) is 0 Å². The SMILES string of the molecule is CC(C)OC(=O)CN(CCN)Cc1ccccc1. The first-order chi connectivity index (χ1) is 8.61. The molecule has 0 unspecified atom stereocenters. The van der Waals surface area contributed by atoms with E-state index in [1.165, 1.54) is 5.56 Å². The molecule has 0 radical (unpaired) electrons. The molecule has 0 saturated carbocycles. The van der Waals surface area contributed by atoms with E-state index in [0.717, 1.165) is 0 Å². The molecule has 0 atom stereocenters. The molecule has 1 rings (SSSR count). The van der Waals surface area contributed by atoms with E-state index in [4.69, 9.17) is 10.5 Å². The molecule has 0 aliphatic rings. The summed E-state index contributed by atoms with van der Waals surface area (Å²) in [4.78, 5) is 13.6. The first kappa shape index (κ1) is 14.7. The molecule has 0 aliphatic carbocycles. The van der Waals surface area contributed by atoms with E-state index in [0.29, 0.717) is 19.6 Å². The molecule has 18 heavy (non-hydrogen) atoms. The molecule has 0 fully saturated rings. The van der Waals surface area contributed by atoms with Gasteiger partial charge < -0.3 is 10.5 Å². The van der Waals surface area contributed by atoms with Gasteiger partial charge in [-0.15, -0.1) is 0 Å². The molecule has 1 aromatic rings. The molecule has 100 valence electrons. The Hall–Kier alpha value is -1.39. The zero-order valence-electron chi connectivity index (χ0n) is 11.1. The third-order valence-corrected chi connectivity index (χ3v) is 2.41. The van der Waals surface area contributed by atoms with Crippen LogP contribution >= 0.6 is 0 Å². The van der Waals surface area contributed by atoms with Gasteiger partial charge in [-0.05, 0) is 19.4 Å². The third-order valence-electron chi connectivity index (χ3n) is 2.41. The summed E-state index contributed by atoms with van der Waals surface area (Å²) in [5.74, 6) is -0.200. The second kappa shape index (κ2) is 7.84. The second-order valence-corrected chi connectivity index (χ2v) is 4.52. The van der Waals surface area contributed by atoms with E-state index >= 15 is 0 Å². The van der Waals surface area contributed by atoms with Crippen LogP contribution in [-0.2, 0) is 16.1 Å². The number of carbonyl (C=O) groups is 1. The van der Waals surface area contributed by atoms with Crippen molar-refractivity contribution in [3.05, 3.63) is 35.9 Å². The number of nitrogens with zero attached hydrogens (tertiary/aromatic N) is 1. The standard InChI is InChI=1S/C14H22N2O2/c1-12(2)18-14(17)11-16(9-8-15)10-13-6-4-3-5-7-13/h3-7,12H,8-11,15H2,1-2H3. The molecular weight excluding hydrogens is 228 g/mol. The zero-order valence-corrected chi connectivity index (χ0v) is 11.1. The molecule has 0 spiro atoms. The van der Waals surface area contributed by atoms with E-state index in [1.54, 1.807) is 0 Å². The Labute approximate surface area is 109 Å². The summed E-state index contributed by atoms with van der Waals surface area (Å²) in [5, 5.41) is 0. The fourth-order valence-corrected chi connectivity index (χ4v) is 1.72. The molecular formula is C14H22N2O2. The van der Waals surface area contributed by atoms with Crippen molar-refractivity contribution in [3.63, 3.8) is 0 Å². The van der Waals surface area contributed by atoms with Crippen molar-refractivity contribution >= 4 is 5.97 Å². The molecule has 0 aliphatic heterocycles. The van der Waals surface area contributed by atoms with Gasteiger partial charge in [-0.1, -0.05) is 30.3 Å². The highest BCUT2D eigenvalue weighted by Crippen LogP contribution is 2.04. The minimum Gasteiger partial charge on any atom is -0.462 e. The summed E-state index contributed by atoms with van der Waals surface area (Å²) in [6.07, 6.45) is -0.0750. The third kappa shape index (κ3) is 5.80. The largest absolute Gasteiger partial charge is 0.462 e. The fourth-order valence-electron chi connectivity index (χ4n) is 1.72. The first-order valence-corrected chi connectivity index (χ1v) is 6.27. The van der Waals surface area contributed by atoms with Crippen LogP contribution in [0.15, 0.2) is 30.3 Å². The Morgan fingerprint density at radius 2 is 2.00 bits per heavy atom. The van der Waals surface area contributed by atoms with Gasteiger partial charge in [0, 0.05) is 19.6 Å². The average Bonchev–Trinajstić information content (AvgIpc) is 2.29. The Morgan fingerprint density at radius 1 is 1.33 bits per heavy atom. The number of rotatable bonds is 7. The Balaban J connectivity index is 2.52.